The van der Waals surface area contributed by atoms with Gasteiger partial charge in [0.05, 0.1) is 11.0 Å². The third-order valence-corrected chi connectivity index (χ3v) is 5.78. The number of amides is 2. The van der Waals surface area contributed by atoms with E-state index in [4.69, 9.17) is 0 Å². The lowest BCUT2D eigenvalue weighted by Gasteiger charge is -2.07. The first kappa shape index (κ1) is 21.6. The number of nitrogens with one attached hydrogen (secondary N) is 3. The third-order valence-electron chi connectivity index (χ3n) is 4.84. The molecule has 2 aromatic heterocycles. The number of nitrogens with zero attached hydrogens (tertiary/aromatic N) is 2. The molecule has 2 amide bonds. The maximum absolute atomic E-state index is 12.3. The predicted octanol–water partition coefficient (Wildman–Crippen LogP) is 3.69. The van der Waals surface area contributed by atoms with E-state index in [9.17, 15) is 9.59 Å². The molecule has 0 unspecified atom stereocenters. The van der Waals surface area contributed by atoms with Crippen LogP contribution in [0.2, 0.25) is 0 Å². The maximum Gasteiger partial charge on any atom is 0.251 e. The SMILES string of the molecule is O=C(CCNC(=O)c1ccc(CSc2nc3ccccc3[nH]2)cc1)NCc1ccncc1. The number of hydrogen-bond donors (Lipinski definition) is 3. The second kappa shape index (κ2) is 10.6. The Labute approximate surface area is 190 Å². The summed E-state index contributed by atoms with van der Waals surface area (Å²) in [6.07, 6.45) is 3.60. The third kappa shape index (κ3) is 5.95. The first-order valence-electron chi connectivity index (χ1n) is 10.3. The summed E-state index contributed by atoms with van der Waals surface area (Å²) >= 11 is 1.62. The van der Waals surface area contributed by atoms with Crippen LogP contribution in [0.5, 0.6) is 0 Å². The van der Waals surface area contributed by atoms with E-state index in [0.717, 1.165) is 33.1 Å². The molecule has 0 aliphatic rings. The molecule has 0 bridgehead atoms. The molecule has 4 rings (SSSR count). The number of aromatic nitrogens is 3. The van der Waals surface area contributed by atoms with Crippen LogP contribution < -0.4 is 10.6 Å². The van der Waals surface area contributed by atoms with Gasteiger partial charge in [0.25, 0.3) is 5.91 Å². The Kier molecular flexibility index (Phi) is 7.14. The molecular formula is C24H23N5O2S. The van der Waals surface area contributed by atoms with E-state index in [0.29, 0.717) is 12.1 Å². The number of imidazole rings is 1. The minimum atomic E-state index is -0.191. The van der Waals surface area contributed by atoms with E-state index in [1.54, 1.807) is 36.3 Å². The number of benzene rings is 2. The van der Waals surface area contributed by atoms with Gasteiger partial charge in [0.1, 0.15) is 0 Å². The molecule has 2 aromatic carbocycles. The standard InChI is InChI=1S/C24H23N5O2S/c30-22(27-15-17-9-12-25-13-10-17)11-14-26-23(31)19-7-5-18(6-8-19)16-32-24-28-20-3-1-2-4-21(20)29-24/h1-10,12-13H,11,14-16H2,(H,26,31)(H,27,30)(H,28,29). The number of carbonyl (C=O) groups excluding carboxylic acids is 2. The molecule has 0 fully saturated rings. The van der Waals surface area contributed by atoms with Crippen molar-refractivity contribution in [2.45, 2.75) is 23.9 Å². The van der Waals surface area contributed by atoms with E-state index in [1.807, 2.05) is 48.5 Å². The molecule has 0 spiro atoms. The van der Waals surface area contributed by atoms with Crippen molar-refractivity contribution in [3.63, 3.8) is 0 Å². The largest absolute Gasteiger partial charge is 0.352 e. The number of H-pyrrole nitrogens is 1. The van der Waals surface area contributed by atoms with Crippen LogP contribution in [0.1, 0.15) is 27.9 Å². The summed E-state index contributed by atoms with van der Waals surface area (Å²) in [5.41, 5.74) is 4.62. The smallest absolute Gasteiger partial charge is 0.251 e. The summed E-state index contributed by atoms with van der Waals surface area (Å²) in [5, 5.41) is 6.49. The molecule has 0 saturated carbocycles. The molecule has 3 N–H and O–H groups in total. The van der Waals surface area contributed by atoms with Gasteiger partial charge in [-0.15, -0.1) is 0 Å². The van der Waals surface area contributed by atoms with Crippen molar-refractivity contribution in [3.8, 4) is 0 Å². The lowest BCUT2D eigenvalue weighted by atomic mass is 10.1. The van der Waals surface area contributed by atoms with Gasteiger partial charge in [-0.25, -0.2) is 4.98 Å². The van der Waals surface area contributed by atoms with Crippen LogP contribution in [0.15, 0.2) is 78.2 Å². The van der Waals surface area contributed by atoms with Gasteiger partial charge in [0.2, 0.25) is 5.91 Å². The number of fused-ring (bicyclic) bond motifs is 1. The Bertz CT molecular complexity index is 1160. The molecular weight excluding hydrogens is 422 g/mol. The van der Waals surface area contributed by atoms with Gasteiger partial charge in [-0.1, -0.05) is 36.0 Å². The van der Waals surface area contributed by atoms with Crippen LogP contribution >= 0.6 is 11.8 Å². The molecule has 0 aliphatic carbocycles. The lowest BCUT2D eigenvalue weighted by Crippen LogP contribution is -2.30. The van der Waals surface area contributed by atoms with E-state index in [2.05, 4.69) is 25.6 Å². The van der Waals surface area contributed by atoms with Crippen LogP contribution in [0.25, 0.3) is 11.0 Å². The van der Waals surface area contributed by atoms with Crippen molar-refractivity contribution < 1.29 is 9.59 Å². The topological polar surface area (TPSA) is 99.8 Å². The van der Waals surface area contributed by atoms with Crippen LogP contribution in [0.4, 0.5) is 0 Å². The van der Waals surface area contributed by atoms with Gasteiger partial charge in [-0.2, -0.15) is 0 Å². The fourth-order valence-electron chi connectivity index (χ4n) is 3.08. The maximum atomic E-state index is 12.3. The highest BCUT2D eigenvalue weighted by molar-refractivity contribution is 7.98. The van der Waals surface area contributed by atoms with Crippen molar-refractivity contribution >= 4 is 34.6 Å². The first-order chi connectivity index (χ1) is 15.7. The monoisotopic (exact) mass is 445 g/mol. The van der Waals surface area contributed by atoms with Crippen molar-refractivity contribution in [1.82, 2.24) is 25.6 Å². The first-order valence-corrected chi connectivity index (χ1v) is 11.3. The van der Waals surface area contributed by atoms with E-state index in [1.165, 1.54) is 0 Å². The number of thioether (sulfide) groups is 1. The molecule has 2 heterocycles. The van der Waals surface area contributed by atoms with Crippen molar-refractivity contribution in [3.05, 3.63) is 89.7 Å². The van der Waals surface area contributed by atoms with Crippen LogP contribution in [0.3, 0.4) is 0 Å². The molecule has 0 atom stereocenters. The minimum Gasteiger partial charge on any atom is -0.352 e. The highest BCUT2D eigenvalue weighted by Crippen LogP contribution is 2.23. The van der Waals surface area contributed by atoms with Crippen LogP contribution in [0, 0.1) is 0 Å². The average molecular weight is 446 g/mol. The molecule has 7 nitrogen and oxygen atoms in total. The summed E-state index contributed by atoms with van der Waals surface area (Å²) in [6, 6.07) is 19.1. The van der Waals surface area contributed by atoms with Crippen molar-refractivity contribution in [2.75, 3.05) is 6.54 Å². The Balaban J connectivity index is 1.19. The van der Waals surface area contributed by atoms with Gasteiger partial charge >= 0.3 is 0 Å². The number of para-hydroxylation sites is 2. The number of hydrogen-bond acceptors (Lipinski definition) is 5. The van der Waals surface area contributed by atoms with Gasteiger partial charge in [0.15, 0.2) is 5.16 Å². The number of pyridine rings is 1. The molecule has 0 saturated heterocycles. The molecule has 32 heavy (non-hydrogen) atoms. The Morgan fingerprint density at radius 2 is 1.69 bits per heavy atom. The fraction of sp³-hybridized carbons (Fsp3) is 0.167. The summed E-state index contributed by atoms with van der Waals surface area (Å²) in [6.45, 7) is 0.730. The van der Waals surface area contributed by atoms with Crippen molar-refractivity contribution in [1.29, 1.82) is 0 Å². The summed E-state index contributed by atoms with van der Waals surface area (Å²) in [5.74, 6) is 0.447. The molecule has 0 aliphatic heterocycles. The highest BCUT2D eigenvalue weighted by Gasteiger charge is 2.08. The van der Waals surface area contributed by atoms with Gasteiger partial charge < -0.3 is 15.6 Å². The lowest BCUT2D eigenvalue weighted by molar-refractivity contribution is -0.121. The van der Waals surface area contributed by atoms with Crippen LogP contribution in [-0.2, 0) is 17.1 Å². The Hall–Kier alpha value is -3.65. The van der Waals surface area contributed by atoms with E-state index < -0.39 is 0 Å². The summed E-state index contributed by atoms with van der Waals surface area (Å²) < 4.78 is 0. The second-order valence-electron chi connectivity index (χ2n) is 7.18. The molecule has 8 heteroatoms. The molecule has 0 radical (unpaired) electrons. The quantitative estimate of drug-likeness (QED) is 0.341. The normalized spacial score (nSPS) is 10.8. The number of aromatic amines is 1. The predicted molar refractivity (Wildman–Crippen MR) is 125 cm³/mol. The van der Waals surface area contributed by atoms with Crippen molar-refractivity contribution in [2.24, 2.45) is 0 Å². The second-order valence-corrected chi connectivity index (χ2v) is 8.15. The molecule has 162 valence electrons. The Morgan fingerprint density at radius 3 is 2.47 bits per heavy atom. The number of carbonyl (C=O) groups is 2. The molecule has 4 aromatic rings. The minimum absolute atomic E-state index is 0.111. The van der Waals surface area contributed by atoms with Gasteiger partial charge in [-0.3, -0.25) is 14.6 Å². The zero-order valence-electron chi connectivity index (χ0n) is 17.4. The summed E-state index contributed by atoms with van der Waals surface area (Å²) in [7, 11) is 0. The fourth-order valence-corrected chi connectivity index (χ4v) is 3.92. The highest BCUT2D eigenvalue weighted by atomic mass is 32.2. The number of rotatable bonds is 9. The van der Waals surface area contributed by atoms with Crippen LogP contribution in [-0.4, -0.2) is 33.3 Å². The van der Waals surface area contributed by atoms with E-state index in [-0.39, 0.29) is 24.8 Å². The van der Waals surface area contributed by atoms with Gasteiger partial charge in [-0.05, 0) is 47.5 Å². The van der Waals surface area contributed by atoms with E-state index >= 15 is 0 Å². The average Bonchev–Trinajstić information content (AvgIpc) is 3.25. The van der Waals surface area contributed by atoms with Gasteiger partial charge in [0, 0.05) is 43.2 Å². The summed E-state index contributed by atoms with van der Waals surface area (Å²) in [4.78, 5) is 36.1. The zero-order chi connectivity index (χ0) is 22.2. The zero-order valence-corrected chi connectivity index (χ0v) is 18.2. The Morgan fingerprint density at radius 1 is 0.906 bits per heavy atom.